The van der Waals surface area contributed by atoms with Crippen molar-refractivity contribution in [2.24, 2.45) is 0 Å². The van der Waals surface area contributed by atoms with Gasteiger partial charge in [-0.25, -0.2) is 0 Å². The summed E-state index contributed by atoms with van der Waals surface area (Å²) in [6.07, 6.45) is 7.94. The fraction of sp³-hybridized carbons (Fsp3) is 0.667. The van der Waals surface area contributed by atoms with E-state index in [-0.39, 0.29) is 0 Å². The van der Waals surface area contributed by atoms with Gasteiger partial charge in [-0.05, 0) is 19.4 Å². The van der Waals surface area contributed by atoms with E-state index < -0.39 is 0 Å². The lowest BCUT2D eigenvalue weighted by molar-refractivity contribution is 0.261. The highest BCUT2D eigenvalue weighted by Crippen LogP contribution is 2.08. The molecule has 14 heavy (non-hydrogen) atoms. The van der Waals surface area contributed by atoms with Gasteiger partial charge < -0.3 is 5.32 Å². The number of piperidine rings is 1. The Balaban J connectivity index is 2.28. The van der Waals surface area contributed by atoms with Crippen LogP contribution in [0, 0.1) is 0 Å². The second-order valence-corrected chi connectivity index (χ2v) is 3.94. The van der Waals surface area contributed by atoms with Crippen LogP contribution in [0.5, 0.6) is 0 Å². The van der Waals surface area contributed by atoms with E-state index >= 15 is 0 Å². The number of rotatable bonds is 6. The topological polar surface area (TPSA) is 15.3 Å². The maximum atomic E-state index is 3.78. The maximum absolute atomic E-state index is 3.78. The number of nitrogens with one attached hydrogen (secondary N) is 1. The average Bonchev–Trinajstić information content (AvgIpc) is 2.20. The Kier molecular flexibility index (Phi) is 5.57. The van der Waals surface area contributed by atoms with Crippen molar-refractivity contribution in [3.63, 3.8) is 0 Å². The van der Waals surface area contributed by atoms with Gasteiger partial charge in [0.05, 0.1) is 0 Å². The standard InChI is InChI=1S/C12H22N2/c1-3-9-14(10-4-2)11-12-7-5-6-8-13-12/h3-4,12-13H,1-2,5-11H2/t12-/m1/s1. The van der Waals surface area contributed by atoms with Gasteiger partial charge in [-0.1, -0.05) is 18.6 Å². The van der Waals surface area contributed by atoms with Crippen molar-refractivity contribution < 1.29 is 0 Å². The van der Waals surface area contributed by atoms with E-state index in [2.05, 4.69) is 23.4 Å². The molecule has 0 aliphatic carbocycles. The van der Waals surface area contributed by atoms with Crippen molar-refractivity contribution in [1.82, 2.24) is 10.2 Å². The number of hydrogen-bond acceptors (Lipinski definition) is 2. The molecule has 0 radical (unpaired) electrons. The molecule has 1 aliphatic rings. The van der Waals surface area contributed by atoms with E-state index in [0.29, 0.717) is 6.04 Å². The van der Waals surface area contributed by atoms with Gasteiger partial charge in [0.1, 0.15) is 0 Å². The van der Waals surface area contributed by atoms with E-state index in [9.17, 15) is 0 Å². The Hall–Kier alpha value is -0.600. The average molecular weight is 194 g/mol. The molecule has 0 spiro atoms. The van der Waals surface area contributed by atoms with Gasteiger partial charge in [-0.3, -0.25) is 4.90 Å². The lowest BCUT2D eigenvalue weighted by atomic mass is 10.0. The first-order chi connectivity index (χ1) is 6.86. The molecule has 0 amide bonds. The first-order valence-corrected chi connectivity index (χ1v) is 5.54. The van der Waals surface area contributed by atoms with Gasteiger partial charge in [0.25, 0.3) is 0 Å². The van der Waals surface area contributed by atoms with E-state index in [4.69, 9.17) is 0 Å². The zero-order valence-electron chi connectivity index (χ0n) is 9.04. The summed E-state index contributed by atoms with van der Waals surface area (Å²) in [5, 5.41) is 3.56. The largest absolute Gasteiger partial charge is 0.313 e. The summed E-state index contributed by atoms with van der Waals surface area (Å²) in [7, 11) is 0. The normalized spacial score (nSPS) is 22.2. The number of hydrogen-bond donors (Lipinski definition) is 1. The molecule has 1 N–H and O–H groups in total. The minimum atomic E-state index is 0.670. The molecule has 1 rings (SSSR count). The highest BCUT2D eigenvalue weighted by Gasteiger charge is 2.14. The van der Waals surface area contributed by atoms with Gasteiger partial charge in [-0.2, -0.15) is 0 Å². The molecule has 2 heteroatoms. The molecule has 0 bridgehead atoms. The second-order valence-electron chi connectivity index (χ2n) is 3.94. The van der Waals surface area contributed by atoms with Gasteiger partial charge in [0.15, 0.2) is 0 Å². The van der Waals surface area contributed by atoms with Gasteiger partial charge in [0.2, 0.25) is 0 Å². The third-order valence-electron chi connectivity index (χ3n) is 2.67. The van der Waals surface area contributed by atoms with Gasteiger partial charge in [-0.15, -0.1) is 13.2 Å². The summed E-state index contributed by atoms with van der Waals surface area (Å²) in [4.78, 5) is 2.38. The first kappa shape index (κ1) is 11.5. The van der Waals surface area contributed by atoms with Crippen LogP contribution in [0.1, 0.15) is 19.3 Å². The van der Waals surface area contributed by atoms with E-state index in [0.717, 1.165) is 19.6 Å². The van der Waals surface area contributed by atoms with Crippen LogP contribution in [-0.4, -0.2) is 37.1 Å². The molecule has 0 aromatic heterocycles. The number of nitrogens with zero attached hydrogens (tertiary/aromatic N) is 1. The third kappa shape index (κ3) is 4.07. The highest BCUT2D eigenvalue weighted by molar-refractivity contribution is 4.84. The molecule has 1 saturated heterocycles. The molecule has 0 unspecified atom stereocenters. The Morgan fingerprint density at radius 3 is 2.43 bits per heavy atom. The first-order valence-electron chi connectivity index (χ1n) is 5.54. The summed E-state index contributed by atoms with van der Waals surface area (Å²) < 4.78 is 0. The predicted octanol–water partition coefficient (Wildman–Crippen LogP) is 1.80. The van der Waals surface area contributed by atoms with Crippen molar-refractivity contribution in [3.05, 3.63) is 25.3 Å². The molecule has 1 fully saturated rings. The second kappa shape index (κ2) is 6.80. The molecular weight excluding hydrogens is 172 g/mol. The molecule has 0 aromatic rings. The Bertz CT molecular complexity index is 161. The summed E-state index contributed by atoms with van der Waals surface area (Å²) >= 11 is 0. The van der Waals surface area contributed by atoms with Crippen LogP contribution >= 0.6 is 0 Å². The van der Waals surface area contributed by atoms with Gasteiger partial charge in [0, 0.05) is 25.7 Å². The molecule has 1 atom stereocenters. The van der Waals surface area contributed by atoms with Crippen LogP contribution in [0.15, 0.2) is 25.3 Å². The lowest BCUT2D eigenvalue weighted by Gasteiger charge is -2.29. The Morgan fingerprint density at radius 2 is 1.93 bits per heavy atom. The molecular formula is C12H22N2. The van der Waals surface area contributed by atoms with Crippen LogP contribution in [0.25, 0.3) is 0 Å². The van der Waals surface area contributed by atoms with E-state index in [1.807, 2.05) is 12.2 Å². The molecule has 80 valence electrons. The Morgan fingerprint density at radius 1 is 1.21 bits per heavy atom. The van der Waals surface area contributed by atoms with Crippen molar-refractivity contribution in [2.75, 3.05) is 26.2 Å². The fourth-order valence-electron chi connectivity index (χ4n) is 1.98. The van der Waals surface area contributed by atoms with Crippen molar-refractivity contribution >= 4 is 0 Å². The van der Waals surface area contributed by atoms with Crippen LogP contribution < -0.4 is 5.32 Å². The summed E-state index contributed by atoms with van der Waals surface area (Å²) in [5.74, 6) is 0. The summed E-state index contributed by atoms with van der Waals surface area (Å²) in [6, 6.07) is 0.670. The minimum absolute atomic E-state index is 0.670. The van der Waals surface area contributed by atoms with Crippen LogP contribution in [0.2, 0.25) is 0 Å². The monoisotopic (exact) mass is 194 g/mol. The SMILES string of the molecule is C=CCN(CC=C)C[C@H]1CCCCN1. The van der Waals surface area contributed by atoms with Crippen molar-refractivity contribution in [1.29, 1.82) is 0 Å². The van der Waals surface area contributed by atoms with Crippen LogP contribution in [-0.2, 0) is 0 Å². The lowest BCUT2D eigenvalue weighted by Crippen LogP contribution is -2.43. The van der Waals surface area contributed by atoms with E-state index in [1.54, 1.807) is 0 Å². The van der Waals surface area contributed by atoms with Crippen molar-refractivity contribution in [2.45, 2.75) is 25.3 Å². The molecule has 0 saturated carbocycles. The van der Waals surface area contributed by atoms with Crippen LogP contribution in [0.4, 0.5) is 0 Å². The smallest absolute Gasteiger partial charge is 0.0195 e. The summed E-state index contributed by atoms with van der Waals surface area (Å²) in [5.41, 5.74) is 0. The van der Waals surface area contributed by atoms with Gasteiger partial charge >= 0.3 is 0 Å². The maximum Gasteiger partial charge on any atom is 0.0195 e. The molecule has 1 aliphatic heterocycles. The quantitative estimate of drug-likeness (QED) is 0.649. The summed E-state index contributed by atoms with van der Waals surface area (Å²) in [6.45, 7) is 11.8. The molecule has 1 heterocycles. The van der Waals surface area contributed by atoms with E-state index in [1.165, 1.54) is 25.8 Å². The fourth-order valence-corrected chi connectivity index (χ4v) is 1.98. The molecule has 2 nitrogen and oxygen atoms in total. The zero-order valence-corrected chi connectivity index (χ0v) is 9.04. The van der Waals surface area contributed by atoms with Crippen LogP contribution in [0.3, 0.4) is 0 Å². The van der Waals surface area contributed by atoms with Crippen molar-refractivity contribution in [3.8, 4) is 0 Å². The predicted molar refractivity (Wildman–Crippen MR) is 62.5 cm³/mol. The zero-order chi connectivity index (χ0) is 10.2. The highest BCUT2D eigenvalue weighted by atomic mass is 15.1. The third-order valence-corrected chi connectivity index (χ3v) is 2.67. The Labute approximate surface area is 87.7 Å². The molecule has 0 aromatic carbocycles. The minimum Gasteiger partial charge on any atom is -0.313 e.